The third-order valence-corrected chi connectivity index (χ3v) is 4.27. The number of rotatable bonds is 2. The Morgan fingerprint density at radius 1 is 1.30 bits per heavy atom. The van der Waals surface area contributed by atoms with Crippen molar-refractivity contribution in [3.8, 4) is 0 Å². The fraction of sp³-hybridized carbons (Fsp3) is 0.647. The van der Waals surface area contributed by atoms with Crippen LogP contribution in [0.4, 0.5) is 10.5 Å². The maximum absolute atomic E-state index is 12.7. The minimum absolute atomic E-state index is 0.133. The first kappa shape index (κ1) is 16.1. The van der Waals surface area contributed by atoms with E-state index in [2.05, 4.69) is 5.32 Å². The number of nitrogens with zero attached hydrogens (tertiary/aromatic N) is 1. The summed E-state index contributed by atoms with van der Waals surface area (Å²) in [6, 6.07) is 3.52. The van der Waals surface area contributed by atoms with E-state index in [0.717, 1.165) is 25.7 Å². The van der Waals surface area contributed by atoms with Crippen molar-refractivity contribution in [2.75, 3.05) is 5.32 Å². The zero-order chi connectivity index (χ0) is 16.6. The third-order valence-electron chi connectivity index (χ3n) is 4.27. The summed E-state index contributed by atoms with van der Waals surface area (Å²) in [5, 5.41) is 2.56. The van der Waals surface area contributed by atoms with Crippen molar-refractivity contribution in [1.82, 2.24) is 4.57 Å². The number of ether oxygens (including phenoxy) is 2. The number of hydrogen-bond acceptors (Lipinski definition) is 4. The van der Waals surface area contributed by atoms with E-state index in [4.69, 9.17) is 9.47 Å². The van der Waals surface area contributed by atoms with Gasteiger partial charge in [-0.1, -0.05) is 0 Å². The second kappa shape index (κ2) is 6.00. The van der Waals surface area contributed by atoms with Crippen LogP contribution in [-0.2, 0) is 9.47 Å². The predicted molar refractivity (Wildman–Crippen MR) is 86.7 cm³/mol. The zero-order valence-electron chi connectivity index (χ0n) is 13.9. The van der Waals surface area contributed by atoms with Crippen molar-refractivity contribution in [2.45, 2.75) is 70.3 Å². The lowest BCUT2D eigenvalue weighted by Crippen LogP contribution is -2.35. The number of anilines is 1. The Morgan fingerprint density at radius 2 is 1.96 bits per heavy atom. The molecule has 126 valence electrons. The van der Waals surface area contributed by atoms with Crippen LogP contribution >= 0.6 is 0 Å². The first-order valence-electron chi connectivity index (χ1n) is 8.18. The maximum Gasteiger partial charge on any atom is 0.412 e. The number of hydrogen-bond donors (Lipinski definition) is 1. The van der Waals surface area contributed by atoms with E-state index in [1.54, 1.807) is 43.7 Å². The van der Waals surface area contributed by atoms with Gasteiger partial charge in [0.25, 0.3) is 5.56 Å². The van der Waals surface area contributed by atoms with Gasteiger partial charge in [-0.05, 0) is 58.6 Å². The minimum atomic E-state index is -0.612. The highest BCUT2D eigenvalue weighted by atomic mass is 16.6. The molecule has 6 heteroatoms. The van der Waals surface area contributed by atoms with Crippen LogP contribution in [-0.4, -0.2) is 28.5 Å². The number of carbonyl (C=O) groups is 1. The van der Waals surface area contributed by atoms with Crippen molar-refractivity contribution in [3.05, 3.63) is 28.7 Å². The second-order valence-electron chi connectivity index (χ2n) is 7.34. The summed E-state index contributed by atoms with van der Waals surface area (Å²) in [5.41, 5.74) is -0.539. The van der Waals surface area contributed by atoms with Gasteiger partial charge in [-0.2, -0.15) is 0 Å². The topological polar surface area (TPSA) is 69.6 Å². The van der Waals surface area contributed by atoms with E-state index in [0.29, 0.717) is 0 Å². The van der Waals surface area contributed by atoms with E-state index in [1.807, 2.05) is 0 Å². The molecule has 0 spiro atoms. The van der Waals surface area contributed by atoms with Crippen LogP contribution in [0.15, 0.2) is 23.1 Å². The molecule has 2 aliphatic rings. The van der Waals surface area contributed by atoms with Crippen LogP contribution in [0.1, 0.15) is 52.5 Å². The Bertz CT molecular complexity index is 635. The first-order valence-corrected chi connectivity index (χ1v) is 8.18. The smallest absolute Gasteiger partial charge is 0.412 e. The number of fused-ring (bicyclic) bond motifs is 2. The lowest BCUT2D eigenvalue weighted by atomic mass is 10.0. The summed E-state index contributed by atoms with van der Waals surface area (Å²) in [7, 11) is 0. The molecule has 2 bridgehead atoms. The lowest BCUT2D eigenvalue weighted by molar-refractivity contribution is -0.0164. The van der Waals surface area contributed by atoms with E-state index in [9.17, 15) is 9.59 Å². The Balaban J connectivity index is 1.76. The average molecular weight is 320 g/mol. The van der Waals surface area contributed by atoms with Crippen LogP contribution in [0.3, 0.4) is 0 Å². The van der Waals surface area contributed by atoms with Gasteiger partial charge >= 0.3 is 6.09 Å². The normalized spacial score (nSPS) is 26.8. The lowest BCUT2D eigenvalue weighted by Gasteiger charge is -2.30. The molecule has 1 amide bonds. The minimum Gasteiger partial charge on any atom is -0.444 e. The highest BCUT2D eigenvalue weighted by molar-refractivity contribution is 5.84. The van der Waals surface area contributed by atoms with Crippen LogP contribution in [0.5, 0.6) is 0 Å². The Hall–Kier alpha value is -1.82. The molecule has 1 N–H and O–H groups in total. The number of carbonyl (C=O) groups excluding carboxylic acids is 1. The van der Waals surface area contributed by atoms with E-state index >= 15 is 0 Å². The van der Waals surface area contributed by atoms with E-state index in [-0.39, 0.29) is 29.5 Å². The molecule has 2 fully saturated rings. The van der Waals surface area contributed by atoms with Gasteiger partial charge in [0.2, 0.25) is 0 Å². The summed E-state index contributed by atoms with van der Waals surface area (Å²) in [6.07, 6.45) is 5.55. The van der Waals surface area contributed by atoms with Crippen molar-refractivity contribution in [1.29, 1.82) is 0 Å². The Morgan fingerprint density at radius 3 is 2.57 bits per heavy atom. The fourth-order valence-corrected chi connectivity index (χ4v) is 3.36. The molecule has 1 unspecified atom stereocenters. The van der Waals surface area contributed by atoms with Crippen molar-refractivity contribution >= 4 is 11.8 Å². The molecule has 0 radical (unpaired) electrons. The van der Waals surface area contributed by atoms with Crippen molar-refractivity contribution < 1.29 is 14.3 Å². The Labute approximate surface area is 135 Å². The molecule has 6 nitrogen and oxygen atoms in total. The maximum atomic E-state index is 12.7. The molecule has 23 heavy (non-hydrogen) atoms. The summed E-state index contributed by atoms with van der Waals surface area (Å²) < 4.78 is 12.8. The molecular formula is C17H24N2O4. The largest absolute Gasteiger partial charge is 0.444 e. The molecule has 1 aromatic rings. The average Bonchev–Trinajstić information content (AvgIpc) is 2.78. The molecular weight excluding hydrogens is 296 g/mol. The van der Waals surface area contributed by atoms with Gasteiger partial charge in [0.15, 0.2) is 0 Å². The number of amides is 1. The molecule has 1 aromatic heterocycles. The van der Waals surface area contributed by atoms with Gasteiger partial charge in [0.1, 0.15) is 11.3 Å². The van der Waals surface area contributed by atoms with Gasteiger partial charge in [-0.25, -0.2) is 4.79 Å². The highest BCUT2D eigenvalue weighted by Crippen LogP contribution is 2.37. The van der Waals surface area contributed by atoms with Crippen molar-refractivity contribution in [2.24, 2.45) is 0 Å². The Kier molecular flexibility index (Phi) is 4.19. The monoisotopic (exact) mass is 320 g/mol. The van der Waals surface area contributed by atoms with E-state index < -0.39 is 11.7 Å². The first-order chi connectivity index (χ1) is 10.8. The molecule has 0 aliphatic carbocycles. The van der Waals surface area contributed by atoms with Gasteiger partial charge in [0, 0.05) is 12.2 Å². The molecule has 3 rings (SSSR count). The van der Waals surface area contributed by atoms with Crippen LogP contribution in [0.25, 0.3) is 0 Å². The van der Waals surface area contributed by atoms with Crippen molar-refractivity contribution in [3.63, 3.8) is 0 Å². The summed E-state index contributed by atoms with van der Waals surface area (Å²) in [4.78, 5) is 24.5. The molecule has 3 heterocycles. The van der Waals surface area contributed by atoms with Crippen LogP contribution in [0, 0.1) is 0 Å². The number of nitrogens with one attached hydrogen (secondary N) is 1. The summed E-state index contributed by atoms with van der Waals surface area (Å²) in [5.74, 6) is 0. The SMILES string of the molecule is CC(C)(C)OC(=O)Nc1cccn(C2C[C@H]3CC[C@@H](C2)O3)c1=O. The quantitative estimate of drug-likeness (QED) is 0.909. The van der Waals surface area contributed by atoms with Gasteiger partial charge in [-0.3, -0.25) is 10.1 Å². The molecule has 3 atom stereocenters. The fourth-order valence-electron chi connectivity index (χ4n) is 3.36. The number of aromatic nitrogens is 1. The summed E-state index contributed by atoms with van der Waals surface area (Å²) >= 11 is 0. The molecule has 2 aliphatic heterocycles. The van der Waals surface area contributed by atoms with Gasteiger partial charge < -0.3 is 14.0 Å². The number of pyridine rings is 1. The van der Waals surface area contributed by atoms with Gasteiger partial charge in [-0.15, -0.1) is 0 Å². The molecule has 0 aromatic carbocycles. The van der Waals surface area contributed by atoms with Gasteiger partial charge in [0.05, 0.1) is 12.2 Å². The second-order valence-corrected chi connectivity index (χ2v) is 7.34. The predicted octanol–water partition coefficient (Wildman–Crippen LogP) is 3.08. The summed E-state index contributed by atoms with van der Waals surface area (Å²) in [6.45, 7) is 5.36. The van der Waals surface area contributed by atoms with Crippen LogP contribution in [0.2, 0.25) is 0 Å². The molecule has 2 saturated heterocycles. The zero-order valence-corrected chi connectivity index (χ0v) is 13.9. The third kappa shape index (κ3) is 3.75. The standard InChI is InChI=1S/C17H24N2O4/c1-17(2,3)23-16(21)18-14-5-4-8-19(15(14)20)11-9-12-6-7-13(10-11)22-12/h4-5,8,11-13H,6-7,9-10H2,1-3H3,(H,18,21)/t11?,12-,13+. The van der Waals surface area contributed by atoms with E-state index in [1.165, 1.54) is 0 Å². The highest BCUT2D eigenvalue weighted by Gasteiger charge is 2.36. The molecule has 0 saturated carbocycles. The van der Waals surface area contributed by atoms with Crippen LogP contribution < -0.4 is 10.9 Å².